The van der Waals surface area contributed by atoms with Gasteiger partial charge in [0, 0.05) is 37.5 Å². The largest absolute Gasteiger partial charge is 0.472 e. The van der Waals surface area contributed by atoms with E-state index in [0.29, 0.717) is 0 Å². The van der Waals surface area contributed by atoms with Gasteiger partial charge >= 0.3 is 0 Å². The molecule has 7 heteroatoms. The highest BCUT2D eigenvalue weighted by Crippen LogP contribution is 2.31. The molecule has 2 aromatic rings. The van der Waals surface area contributed by atoms with Crippen molar-refractivity contribution in [3.8, 4) is 5.88 Å². The first kappa shape index (κ1) is 16.1. The molecule has 0 N–H and O–H groups in total. The van der Waals surface area contributed by atoms with Gasteiger partial charge in [-0.3, -0.25) is 0 Å². The third kappa shape index (κ3) is 3.77. The molecule has 0 atom stereocenters. The molecule has 0 bridgehead atoms. The quantitative estimate of drug-likeness (QED) is 0.859. The molecule has 1 aliphatic heterocycles. The second-order valence-corrected chi connectivity index (χ2v) is 7.69. The van der Waals surface area contributed by atoms with Gasteiger partial charge in [0.1, 0.15) is 11.1 Å². The van der Waals surface area contributed by atoms with Gasteiger partial charge in [0.05, 0.1) is 0 Å². The molecule has 0 saturated carbocycles. The molecule has 0 unspecified atom stereocenters. The normalized spacial score (nSPS) is 16.6. The van der Waals surface area contributed by atoms with E-state index in [4.69, 9.17) is 4.74 Å². The minimum absolute atomic E-state index is 0.00865. The van der Waals surface area contributed by atoms with E-state index in [9.17, 15) is 4.39 Å². The number of hydrogen-bond donors (Lipinski definition) is 0. The van der Waals surface area contributed by atoms with Gasteiger partial charge in [-0.25, -0.2) is 9.37 Å². The molecule has 124 valence electrons. The van der Waals surface area contributed by atoms with E-state index in [1.165, 1.54) is 6.07 Å². The van der Waals surface area contributed by atoms with E-state index in [1.54, 1.807) is 23.6 Å². The molecule has 2 aromatic heterocycles. The van der Waals surface area contributed by atoms with Gasteiger partial charge in [-0.2, -0.15) is 0 Å². The minimum Gasteiger partial charge on any atom is -0.472 e. The molecule has 3 heterocycles. The molecule has 0 aromatic carbocycles. The van der Waals surface area contributed by atoms with Crippen LogP contribution in [0.4, 0.5) is 9.52 Å². The minimum atomic E-state index is -0.408. The summed E-state index contributed by atoms with van der Waals surface area (Å²) in [4.78, 5) is 6.17. The molecule has 0 spiro atoms. The summed E-state index contributed by atoms with van der Waals surface area (Å²) < 4.78 is 19.3. The Morgan fingerprint density at radius 2 is 2.00 bits per heavy atom. The van der Waals surface area contributed by atoms with Crippen LogP contribution in [-0.2, 0) is 5.41 Å². The summed E-state index contributed by atoms with van der Waals surface area (Å²) in [6.45, 7) is 8.08. The zero-order valence-electron chi connectivity index (χ0n) is 13.6. The number of nitrogens with zero attached hydrogens (tertiary/aromatic N) is 4. The van der Waals surface area contributed by atoms with Gasteiger partial charge in [0.15, 0.2) is 5.82 Å². The van der Waals surface area contributed by atoms with E-state index < -0.39 is 5.82 Å². The zero-order valence-corrected chi connectivity index (χ0v) is 14.4. The van der Waals surface area contributed by atoms with Crippen LogP contribution in [0.3, 0.4) is 0 Å². The lowest BCUT2D eigenvalue weighted by molar-refractivity contribution is 0.156. The van der Waals surface area contributed by atoms with Gasteiger partial charge in [0.2, 0.25) is 5.13 Å². The third-order valence-electron chi connectivity index (χ3n) is 3.77. The van der Waals surface area contributed by atoms with Crippen molar-refractivity contribution in [3.63, 3.8) is 0 Å². The number of anilines is 1. The van der Waals surface area contributed by atoms with Crippen molar-refractivity contribution in [3.05, 3.63) is 29.2 Å². The van der Waals surface area contributed by atoms with Crippen LogP contribution in [0.15, 0.2) is 18.3 Å². The first-order valence-electron chi connectivity index (χ1n) is 7.79. The number of halogens is 1. The summed E-state index contributed by atoms with van der Waals surface area (Å²) in [5.41, 5.74) is 0.0217. The van der Waals surface area contributed by atoms with Crippen molar-refractivity contribution in [2.75, 3.05) is 18.0 Å². The Balaban J connectivity index is 1.58. The van der Waals surface area contributed by atoms with Crippen LogP contribution in [0.5, 0.6) is 5.88 Å². The number of piperidine rings is 1. The summed E-state index contributed by atoms with van der Waals surface area (Å²) >= 11 is 1.64. The predicted molar refractivity (Wildman–Crippen MR) is 88.7 cm³/mol. The maximum Gasteiger partial charge on any atom is 0.250 e. The Labute approximate surface area is 139 Å². The SMILES string of the molecule is CC(C)(C)c1nnc(N2CCC(Oc3ncccc3F)CC2)s1. The summed E-state index contributed by atoms with van der Waals surface area (Å²) in [5, 5.41) is 10.6. The molecule has 5 nitrogen and oxygen atoms in total. The Hall–Kier alpha value is -1.76. The highest BCUT2D eigenvalue weighted by atomic mass is 32.1. The summed E-state index contributed by atoms with van der Waals surface area (Å²) in [5.74, 6) is -0.314. The van der Waals surface area contributed by atoms with Crippen LogP contribution in [0, 0.1) is 5.82 Å². The van der Waals surface area contributed by atoms with Crippen molar-refractivity contribution < 1.29 is 9.13 Å². The van der Waals surface area contributed by atoms with E-state index >= 15 is 0 Å². The third-order valence-corrected chi connectivity index (χ3v) is 5.18. The van der Waals surface area contributed by atoms with Crippen molar-refractivity contribution >= 4 is 16.5 Å². The van der Waals surface area contributed by atoms with E-state index in [-0.39, 0.29) is 17.4 Å². The van der Waals surface area contributed by atoms with Crippen LogP contribution >= 0.6 is 11.3 Å². The summed E-state index contributed by atoms with van der Waals surface area (Å²) in [7, 11) is 0. The average molecular weight is 336 g/mol. The van der Waals surface area contributed by atoms with Crippen molar-refractivity contribution in [1.29, 1.82) is 0 Å². The fraction of sp³-hybridized carbons (Fsp3) is 0.562. The number of aromatic nitrogens is 3. The van der Waals surface area contributed by atoms with Gasteiger partial charge in [-0.05, 0) is 12.1 Å². The maximum absolute atomic E-state index is 13.6. The second kappa shape index (κ2) is 6.39. The molecular formula is C16H21FN4OS. The first-order chi connectivity index (χ1) is 10.9. The molecule has 3 rings (SSSR count). The standard InChI is InChI=1S/C16H21FN4OS/c1-16(2,3)14-19-20-15(23-14)21-9-6-11(7-10-21)22-13-12(17)5-4-8-18-13/h4-5,8,11H,6-7,9-10H2,1-3H3. The number of rotatable bonds is 3. The van der Waals surface area contributed by atoms with Gasteiger partial charge < -0.3 is 9.64 Å². The van der Waals surface area contributed by atoms with E-state index in [0.717, 1.165) is 36.1 Å². The lowest BCUT2D eigenvalue weighted by Crippen LogP contribution is -2.38. The molecule has 1 saturated heterocycles. The highest BCUT2D eigenvalue weighted by molar-refractivity contribution is 7.15. The average Bonchev–Trinajstić information content (AvgIpc) is 3.00. The second-order valence-electron chi connectivity index (χ2n) is 6.73. The van der Waals surface area contributed by atoms with Crippen LogP contribution < -0.4 is 9.64 Å². The fourth-order valence-electron chi connectivity index (χ4n) is 2.43. The van der Waals surface area contributed by atoms with E-state index in [1.807, 2.05) is 0 Å². The summed E-state index contributed by atoms with van der Waals surface area (Å²) in [6.07, 6.45) is 3.18. The lowest BCUT2D eigenvalue weighted by atomic mass is 9.98. The molecule has 0 amide bonds. The molecule has 1 fully saturated rings. The predicted octanol–water partition coefficient (Wildman–Crippen LogP) is 3.42. The Bertz CT molecular complexity index is 662. The van der Waals surface area contributed by atoms with Crippen LogP contribution in [0.2, 0.25) is 0 Å². The van der Waals surface area contributed by atoms with Crippen molar-refractivity contribution in [2.24, 2.45) is 0 Å². The Morgan fingerprint density at radius 3 is 2.61 bits per heavy atom. The van der Waals surface area contributed by atoms with Gasteiger partial charge in [-0.1, -0.05) is 32.1 Å². The molecule has 0 radical (unpaired) electrons. The zero-order chi connectivity index (χ0) is 16.4. The number of ether oxygens (including phenoxy) is 1. The van der Waals surface area contributed by atoms with E-state index in [2.05, 4.69) is 40.9 Å². The Kier molecular flexibility index (Phi) is 4.48. The molecular weight excluding hydrogens is 315 g/mol. The highest BCUT2D eigenvalue weighted by Gasteiger charge is 2.26. The van der Waals surface area contributed by atoms with Crippen LogP contribution in [-0.4, -0.2) is 34.4 Å². The maximum atomic E-state index is 13.6. The smallest absolute Gasteiger partial charge is 0.250 e. The van der Waals surface area contributed by atoms with Gasteiger partial charge in [0.25, 0.3) is 5.88 Å². The van der Waals surface area contributed by atoms with Gasteiger partial charge in [-0.15, -0.1) is 10.2 Å². The van der Waals surface area contributed by atoms with Crippen LogP contribution in [0.25, 0.3) is 0 Å². The topological polar surface area (TPSA) is 51.1 Å². The number of hydrogen-bond acceptors (Lipinski definition) is 6. The fourth-order valence-corrected chi connectivity index (χ4v) is 3.38. The van der Waals surface area contributed by atoms with Crippen molar-refractivity contribution in [1.82, 2.24) is 15.2 Å². The first-order valence-corrected chi connectivity index (χ1v) is 8.61. The lowest BCUT2D eigenvalue weighted by Gasteiger charge is -2.31. The molecule has 1 aliphatic rings. The monoisotopic (exact) mass is 336 g/mol. The Morgan fingerprint density at radius 1 is 1.26 bits per heavy atom. The number of pyridine rings is 1. The summed E-state index contributed by atoms with van der Waals surface area (Å²) in [6, 6.07) is 2.93. The molecule has 23 heavy (non-hydrogen) atoms. The van der Waals surface area contributed by atoms with Crippen LogP contribution in [0.1, 0.15) is 38.6 Å². The molecule has 0 aliphatic carbocycles. The van der Waals surface area contributed by atoms with Crippen molar-refractivity contribution in [2.45, 2.75) is 45.1 Å².